The maximum absolute atomic E-state index is 11.5. The molecule has 0 saturated carbocycles. The van der Waals surface area contributed by atoms with Crippen molar-refractivity contribution in [1.82, 2.24) is 10.2 Å². The SMILES string of the molecule is CCN(C)C(=O)CNC(=O)c1ccc(C(=O)O)o1. The third kappa shape index (κ3) is 3.34. The number of hydrogen-bond donors (Lipinski definition) is 2. The molecular weight excluding hydrogens is 240 g/mol. The summed E-state index contributed by atoms with van der Waals surface area (Å²) in [5.74, 6) is -2.58. The second-order valence-corrected chi connectivity index (χ2v) is 3.56. The number of amides is 2. The van der Waals surface area contributed by atoms with Crippen molar-refractivity contribution in [2.75, 3.05) is 20.1 Å². The summed E-state index contributed by atoms with van der Waals surface area (Å²) in [6.45, 7) is 2.19. The zero-order chi connectivity index (χ0) is 13.7. The highest BCUT2D eigenvalue weighted by Gasteiger charge is 2.16. The first-order chi connectivity index (χ1) is 8.45. The number of aromatic carboxylic acids is 1. The molecule has 7 heteroatoms. The summed E-state index contributed by atoms with van der Waals surface area (Å²) in [5.41, 5.74) is 0. The van der Waals surface area contributed by atoms with Gasteiger partial charge in [-0.3, -0.25) is 9.59 Å². The van der Waals surface area contributed by atoms with Crippen LogP contribution in [0, 0.1) is 0 Å². The molecule has 0 saturated heterocycles. The topological polar surface area (TPSA) is 99.9 Å². The van der Waals surface area contributed by atoms with Gasteiger partial charge in [0.2, 0.25) is 11.7 Å². The van der Waals surface area contributed by atoms with Crippen molar-refractivity contribution in [3.63, 3.8) is 0 Å². The molecule has 7 nitrogen and oxygen atoms in total. The molecule has 0 fully saturated rings. The van der Waals surface area contributed by atoms with Gasteiger partial charge in [0.15, 0.2) is 5.76 Å². The van der Waals surface area contributed by atoms with E-state index in [2.05, 4.69) is 5.32 Å². The van der Waals surface area contributed by atoms with Crippen molar-refractivity contribution in [3.8, 4) is 0 Å². The van der Waals surface area contributed by atoms with Gasteiger partial charge in [-0.15, -0.1) is 0 Å². The molecule has 1 aromatic rings. The van der Waals surface area contributed by atoms with Crippen LogP contribution in [-0.4, -0.2) is 47.9 Å². The minimum atomic E-state index is -1.25. The number of carbonyl (C=O) groups is 3. The zero-order valence-corrected chi connectivity index (χ0v) is 10.1. The van der Waals surface area contributed by atoms with Crippen LogP contribution in [0.25, 0.3) is 0 Å². The molecule has 1 heterocycles. The van der Waals surface area contributed by atoms with Crippen molar-refractivity contribution >= 4 is 17.8 Å². The number of nitrogens with zero attached hydrogens (tertiary/aromatic N) is 1. The van der Waals surface area contributed by atoms with E-state index in [1.165, 1.54) is 17.0 Å². The monoisotopic (exact) mass is 254 g/mol. The van der Waals surface area contributed by atoms with Crippen molar-refractivity contribution in [2.24, 2.45) is 0 Å². The van der Waals surface area contributed by atoms with E-state index in [9.17, 15) is 14.4 Å². The summed E-state index contributed by atoms with van der Waals surface area (Å²) >= 11 is 0. The van der Waals surface area contributed by atoms with Crippen LogP contribution in [0.3, 0.4) is 0 Å². The molecule has 2 amide bonds. The fourth-order valence-electron chi connectivity index (χ4n) is 1.13. The minimum Gasteiger partial charge on any atom is -0.475 e. The number of hydrogen-bond acceptors (Lipinski definition) is 4. The van der Waals surface area contributed by atoms with E-state index in [1.54, 1.807) is 7.05 Å². The number of furan rings is 1. The second kappa shape index (κ2) is 5.85. The lowest BCUT2D eigenvalue weighted by atomic mass is 10.4. The molecule has 1 rings (SSSR count). The van der Waals surface area contributed by atoms with E-state index in [0.717, 1.165) is 0 Å². The summed E-state index contributed by atoms with van der Waals surface area (Å²) in [6, 6.07) is 2.42. The normalized spacial score (nSPS) is 9.89. The molecule has 0 radical (unpaired) electrons. The molecule has 0 bridgehead atoms. The predicted molar refractivity (Wildman–Crippen MR) is 61.3 cm³/mol. The maximum atomic E-state index is 11.5. The molecule has 0 aromatic carbocycles. The van der Waals surface area contributed by atoms with E-state index in [-0.39, 0.29) is 24.0 Å². The molecule has 2 N–H and O–H groups in total. The number of carbonyl (C=O) groups excluding carboxylic acids is 2. The second-order valence-electron chi connectivity index (χ2n) is 3.56. The Balaban J connectivity index is 2.55. The molecule has 0 aliphatic carbocycles. The Morgan fingerprint density at radius 3 is 2.44 bits per heavy atom. The van der Waals surface area contributed by atoms with Gasteiger partial charge in [-0.1, -0.05) is 0 Å². The van der Waals surface area contributed by atoms with E-state index in [4.69, 9.17) is 9.52 Å². The highest BCUT2D eigenvalue weighted by Crippen LogP contribution is 2.07. The maximum Gasteiger partial charge on any atom is 0.371 e. The van der Waals surface area contributed by atoms with Crippen LogP contribution in [-0.2, 0) is 4.79 Å². The Morgan fingerprint density at radius 1 is 1.33 bits per heavy atom. The van der Waals surface area contributed by atoms with Crippen LogP contribution in [0.15, 0.2) is 16.5 Å². The van der Waals surface area contributed by atoms with Crippen molar-refractivity contribution in [3.05, 3.63) is 23.7 Å². The number of carboxylic acid groups (broad SMARTS) is 1. The van der Waals surface area contributed by atoms with E-state index >= 15 is 0 Å². The minimum absolute atomic E-state index is 0.139. The van der Waals surface area contributed by atoms with Crippen LogP contribution >= 0.6 is 0 Å². The molecule has 0 aliphatic rings. The summed E-state index contributed by atoms with van der Waals surface area (Å²) in [4.78, 5) is 34.9. The molecular formula is C11H14N2O5. The molecule has 98 valence electrons. The molecule has 0 aliphatic heterocycles. The summed E-state index contributed by atoms with van der Waals surface area (Å²) in [6.07, 6.45) is 0. The Labute approximate surface area is 103 Å². The molecule has 0 spiro atoms. The van der Waals surface area contributed by atoms with Gasteiger partial charge >= 0.3 is 5.97 Å². The zero-order valence-electron chi connectivity index (χ0n) is 10.1. The van der Waals surface area contributed by atoms with Crippen LogP contribution < -0.4 is 5.32 Å². The van der Waals surface area contributed by atoms with Gasteiger partial charge in [-0.05, 0) is 19.1 Å². The van der Waals surface area contributed by atoms with Crippen LogP contribution in [0.2, 0.25) is 0 Å². The fraction of sp³-hybridized carbons (Fsp3) is 0.364. The van der Waals surface area contributed by atoms with Crippen LogP contribution in [0.4, 0.5) is 0 Å². The summed E-state index contributed by atoms with van der Waals surface area (Å²) in [7, 11) is 1.61. The average molecular weight is 254 g/mol. The van der Waals surface area contributed by atoms with Crippen LogP contribution in [0.1, 0.15) is 28.0 Å². The van der Waals surface area contributed by atoms with Crippen LogP contribution in [0.5, 0.6) is 0 Å². The van der Waals surface area contributed by atoms with Gasteiger partial charge in [0, 0.05) is 13.6 Å². The lowest BCUT2D eigenvalue weighted by Gasteiger charge is -2.14. The van der Waals surface area contributed by atoms with Gasteiger partial charge < -0.3 is 19.7 Å². The first-order valence-corrected chi connectivity index (χ1v) is 5.31. The Kier molecular flexibility index (Phi) is 4.47. The number of rotatable bonds is 5. The first kappa shape index (κ1) is 13.8. The first-order valence-electron chi connectivity index (χ1n) is 5.31. The van der Waals surface area contributed by atoms with Crippen molar-refractivity contribution in [1.29, 1.82) is 0 Å². The van der Waals surface area contributed by atoms with E-state index in [1.807, 2.05) is 6.92 Å². The standard InChI is InChI=1S/C11H14N2O5/c1-3-13(2)9(14)6-12-10(15)7-4-5-8(18-7)11(16)17/h4-5H,3,6H2,1-2H3,(H,12,15)(H,16,17). The third-order valence-corrected chi connectivity index (χ3v) is 2.34. The molecule has 18 heavy (non-hydrogen) atoms. The fourth-order valence-corrected chi connectivity index (χ4v) is 1.13. The highest BCUT2D eigenvalue weighted by molar-refractivity contribution is 5.95. The number of nitrogens with one attached hydrogen (secondary N) is 1. The molecule has 0 unspecified atom stereocenters. The number of likely N-dealkylation sites (N-methyl/N-ethyl adjacent to an activating group) is 1. The summed E-state index contributed by atoms with van der Waals surface area (Å²) < 4.78 is 4.79. The van der Waals surface area contributed by atoms with Gasteiger partial charge in [0.25, 0.3) is 5.91 Å². The van der Waals surface area contributed by atoms with Gasteiger partial charge in [0.1, 0.15) is 0 Å². The quantitative estimate of drug-likeness (QED) is 0.781. The lowest BCUT2D eigenvalue weighted by molar-refractivity contribution is -0.128. The highest BCUT2D eigenvalue weighted by atomic mass is 16.4. The van der Waals surface area contributed by atoms with Gasteiger partial charge in [-0.2, -0.15) is 0 Å². The Bertz CT molecular complexity index is 466. The molecule has 1 aromatic heterocycles. The molecule has 0 atom stereocenters. The van der Waals surface area contributed by atoms with E-state index < -0.39 is 11.9 Å². The van der Waals surface area contributed by atoms with E-state index in [0.29, 0.717) is 6.54 Å². The smallest absolute Gasteiger partial charge is 0.371 e. The predicted octanol–water partition coefficient (Wildman–Crippen LogP) is 0.186. The Morgan fingerprint density at radius 2 is 1.94 bits per heavy atom. The average Bonchev–Trinajstić information content (AvgIpc) is 2.84. The van der Waals surface area contributed by atoms with Crippen molar-refractivity contribution in [2.45, 2.75) is 6.92 Å². The lowest BCUT2D eigenvalue weighted by Crippen LogP contribution is -2.37. The largest absolute Gasteiger partial charge is 0.475 e. The number of carboxylic acids is 1. The summed E-state index contributed by atoms with van der Waals surface area (Å²) in [5, 5.41) is 11.0. The third-order valence-electron chi connectivity index (χ3n) is 2.34. The van der Waals surface area contributed by atoms with Gasteiger partial charge in [0.05, 0.1) is 6.54 Å². The van der Waals surface area contributed by atoms with Gasteiger partial charge in [-0.25, -0.2) is 4.79 Å². The Hall–Kier alpha value is -2.31. The van der Waals surface area contributed by atoms with Crippen molar-refractivity contribution < 1.29 is 23.9 Å².